The van der Waals surface area contributed by atoms with Crippen LogP contribution in [-0.2, 0) is 9.59 Å². The maximum absolute atomic E-state index is 11.5. The quantitative estimate of drug-likeness (QED) is 0.526. The molecule has 0 saturated heterocycles. The highest BCUT2D eigenvalue weighted by molar-refractivity contribution is 9.14. The van der Waals surface area contributed by atoms with Gasteiger partial charge in [-0.25, -0.2) is 4.90 Å². The van der Waals surface area contributed by atoms with Crippen molar-refractivity contribution in [2.24, 2.45) is 0 Å². The molecule has 1 aromatic carbocycles. The smallest absolute Gasteiger partial charge is 0.258 e. The fourth-order valence-electron chi connectivity index (χ4n) is 1.33. The number of imide groups is 1. The summed E-state index contributed by atoms with van der Waals surface area (Å²) >= 11 is 10.0. The summed E-state index contributed by atoms with van der Waals surface area (Å²) in [6.07, 6.45) is 2.51. The van der Waals surface area contributed by atoms with Crippen LogP contribution in [0.4, 0.5) is 5.69 Å². The van der Waals surface area contributed by atoms with Crippen molar-refractivity contribution in [3.63, 3.8) is 0 Å². The van der Waals surface area contributed by atoms with Gasteiger partial charge in [-0.3, -0.25) is 9.59 Å². The Kier molecular flexibility index (Phi) is 3.32. The SMILES string of the molecule is O=C1C=CC(=O)N1c1ccc(Br)c(Br)c1Br. The predicted molar refractivity (Wildman–Crippen MR) is 71.2 cm³/mol. The Morgan fingerprint density at radius 2 is 1.44 bits per heavy atom. The minimum Gasteiger partial charge on any atom is -0.269 e. The highest BCUT2D eigenvalue weighted by atomic mass is 79.9. The Morgan fingerprint density at radius 1 is 0.875 bits per heavy atom. The van der Waals surface area contributed by atoms with Crippen LogP contribution in [0.5, 0.6) is 0 Å². The van der Waals surface area contributed by atoms with Crippen molar-refractivity contribution in [2.75, 3.05) is 4.90 Å². The van der Waals surface area contributed by atoms with E-state index in [2.05, 4.69) is 47.8 Å². The zero-order valence-electron chi connectivity index (χ0n) is 7.71. The molecule has 0 bridgehead atoms. The molecule has 2 amide bonds. The fourth-order valence-corrected chi connectivity index (χ4v) is 2.78. The molecule has 2 rings (SSSR count). The van der Waals surface area contributed by atoms with Gasteiger partial charge < -0.3 is 0 Å². The van der Waals surface area contributed by atoms with Crippen LogP contribution in [0.15, 0.2) is 37.7 Å². The summed E-state index contributed by atoms with van der Waals surface area (Å²) < 4.78 is 2.26. The van der Waals surface area contributed by atoms with E-state index in [1.54, 1.807) is 12.1 Å². The van der Waals surface area contributed by atoms with Gasteiger partial charge in [0.05, 0.1) is 10.2 Å². The summed E-state index contributed by atoms with van der Waals surface area (Å²) in [5.41, 5.74) is 0.523. The number of carbonyl (C=O) groups is 2. The topological polar surface area (TPSA) is 37.4 Å². The molecule has 0 aromatic heterocycles. The number of hydrogen-bond donors (Lipinski definition) is 0. The Morgan fingerprint density at radius 3 is 2.00 bits per heavy atom. The first kappa shape index (κ1) is 12.0. The van der Waals surface area contributed by atoms with Gasteiger partial charge in [0.15, 0.2) is 0 Å². The molecule has 1 heterocycles. The Hall–Kier alpha value is -0.460. The summed E-state index contributed by atoms with van der Waals surface area (Å²) in [5, 5.41) is 0. The van der Waals surface area contributed by atoms with Gasteiger partial charge in [0, 0.05) is 21.1 Å². The molecule has 0 saturated carbocycles. The van der Waals surface area contributed by atoms with E-state index in [0.717, 1.165) is 13.8 Å². The van der Waals surface area contributed by atoms with Gasteiger partial charge in [-0.15, -0.1) is 0 Å². The van der Waals surface area contributed by atoms with Crippen molar-refractivity contribution in [3.05, 3.63) is 37.7 Å². The number of nitrogens with zero attached hydrogens (tertiary/aromatic N) is 1. The van der Waals surface area contributed by atoms with E-state index in [1.165, 1.54) is 12.2 Å². The van der Waals surface area contributed by atoms with Crippen LogP contribution in [0.3, 0.4) is 0 Å². The van der Waals surface area contributed by atoms with Gasteiger partial charge in [-0.2, -0.15) is 0 Å². The lowest BCUT2D eigenvalue weighted by Crippen LogP contribution is -2.29. The zero-order valence-corrected chi connectivity index (χ0v) is 12.5. The van der Waals surface area contributed by atoms with Crippen LogP contribution in [0.2, 0.25) is 0 Å². The van der Waals surface area contributed by atoms with Crippen LogP contribution in [0.1, 0.15) is 0 Å². The summed E-state index contributed by atoms with van der Waals surface area (Å²) in [4.78, 5) is 24.1. The largest absolute Gasteiger partial charge is 0.269 e. The number of amides is 2. The summed E-state index contributed by atoms with van der Waals surface area (Å²) in [6.45, 7) is 0. The normalized spacial score (nSPS) is 15.1. The van der Waals surface area contributed by atoms with Crippen molar-refractivity contribution in [1.29, 1.82) is 0 Å². The number of anilines is 1. The molecule has 1 aromatic rings. The maximum atomic E-state index is 11.5. The maximum Gasteiger partial charge on any atom is 0.258 e. The molecule has 82 valence electrons. The average Bonchev–Trinajstić information content (AvgIpc) is 2.57. The van der Waals surface area contributed by atoms with Gasteiger partial charge >= 0.3 is 0 Å². The van der Waals surface area contributed by atoms with Crippen molar-refractivity contribution in [1.82, 2.24) is 0 Å². The first-order valence-corrected chi connectivity index (χ1v) is 6.60. The highest BCUT2D eigenvalue weighted by Crippen LogP contribution is 2.39. The lowest BCUT2D eigenvalue weighted by molar-refractivity contribution is -0.119. The van der Waals surface area contributed by atoms with Crippen LogP contribution in [-0.4, -0.2) is 11.8 Å². The molecule has 0 aliphatic carbocycles. The standard InChI is InChI=1S/C10H4Br3NO2/c11-5-1-2-6(10(13)9(5)12)14-7(15)3-4-8(14)16/h1-4H. The number of carbonyl (C=O) groups excluding carboxylic acids is 2. The second-order valence-electron chi connectivity index (χ2n) is 3.04. The molecule has 0 fully saturated rings. The first-order chi connectivity index (χ1) is 7.52. The Labute approximate surface area is 117 Å². The molecule has 0 N–H and O–H groups in total. The number of halogens is 3. The summed E-state index contributed by atoms with van der Waals surface area (Å²) in [5.74, 6) is -0.667. The van der Waals surface area contributed by atoms with Crippen molar-refractivity contribution in [3.8, 4) is 0 Å². The Balaban J connectivity index is 2.54. The van der Waals surface area contributed by atoms with Crippen LogP contribution in [0, 0.1) is 0 Å². The fraction of sp³-hybridized carbons (Fsp3) is 0. The minimum atomic E-state index is -0.333. The number of hydrogen-bond acceptors (Lipinski definition) is 2. The van der Waals surface area contributed by atoms with E-state index >= 15 is 0 Å². The van der Waals surface area contributed by atoms with Gasteiger partial charge in [0.2, 0.25) is 0 Å². The number of benzene rings is 1. The third-order valence-corrected chi connectivity index (χ3v) is 5.42. The molecule has 0 atom stereocenters. The zero-order chi connectivity index (χ0) is 11.9. The highest BCUT2D eigenvalue weighted by Gasteiger charge is 2.27. The number of rotatable bonds is 1. The van der Waals surface area contributed by atoms with Crippen molar-refractivity contribution < 1.29 is 9.59 Å². The second-order valence-corrected chi connectivity index (χ2v) is 5.48. The first-order valence-electron chi connectivity index (χ1n) is 4.22. The van der Waals surface area contributed by atoms with Gasteiger partial charge in [0.25, 0.3) is 11.8 Å². The van der Waals surface area contributed by atoms with Gasteiger partial charge in [0.1, 0.15) is 0 Å². The Bertz CT molecular complexity index is 507. The lowest BCUT2D eigenvalue weighted by Gasteiger charge is -2.16. The molecule has 0 radical (unpaired) electrons. The molecule has 1 aliphatic heterocycles. The van der Waals surface area contributed by atoms with E-state index < -0.39 is 0 Å². The van der Waals surface area contributed by atoms with Crippen molar-refractivity contribution >= 4 is 65.3 Å². The average molecular weight is 410 g/mol. The molecule has 16 heavy (non-hydrogen) atoms. The molecular formula is C10H4Br3NO2. The third-order valence-electron chi connectivity index (χ3n) is 2.06. The van der Waals surface area contributed by atoms with Crippen molar-refractivity contribution in [2.45, 2.75) is 0 Å². The predicted octanol–water partition coefficient (Wildman–Crippen LogP) is 3.40. The van der Waals surface area contributed by atoms with E-state index in [0.29, 0.717) is 10.2 Å². The van der Waals surface area contributed by atoms with Crippen LogP contribution >= 0.6 is 47.8 Å². The second kappa shape index (κ2) is 4.43. The van der Waals surface area contributed by atoms with E-state index in [4.69, 9.17) is 0 Å². The van der Waals surface area contributed by atoms with E-state index in [1.807, 2.05) is 0 Å². The minimum absolute atomic E-state index is 0.333. The van der Waals surface area contributed by atoms with Crippen LogP contribution in [0.25, 0.3) is 0 Å². The van der Waals surface area contributed by atoms with Gasteiger partial charge in [-0.05, 0) is 59.9 Å². The lowest BCUT2D eigenvalue weighted by atomic mass is 10.3. The van der Waals surface area contributed by atoms with E-state index in [-0.39, 0.29) is 11.8 Å². The van der Waals surface area contributed by atoms with Gasteiger partial charge in [-0.1, -0.05) is 0 Å². The molecular weight excluding hydrogens is 406 g/mol. The monoisotopic (exact) mass is 407 g/mol. The summed E-state index contributed by atoms with van der Waals surface area (Å²) in [7, 11) is 0. The summed E-state index contributed by atoms with van der Waals surface area (Å²) in [6, 6.07) is 3.46. The van der Waals surface area contributed by atoms with E-state index in [9.17, 15) is 9.59 Å². The molecule has 6 heteroatoms. The molecule has 0 unspecified atom stereocenters. The third kappa shape index (κ3) is 1.89. The van der Waals surface area contributed by atoms with Crippen LogP contribution < -0.4 is 4.90 Å². The molecule has 1 aliphatic rings. The molecule has 3 nitrogen and oxygen atoms in total. The molecule has 0 spiro atoms.